The minimum atomic E-state index is 0.0938. The fourth-order valence-corrected chi connectivity index (χ4v) is 4.39. The molecule has 3 aliphatic heterocycles. The molecule has 0 N–H and O–H groups in total. The predicted octanol–water partition coefficient (Wildman–Crippen LogP) is 2.10. The lowest BCUT2D eigenvalue weighted by Crippen LogP contribution is -2.37. The molecule has 24 heavy (non-hydrogen) atoms. The molecule has 3 saturated heterocycles. The second kappa shape index (κ2) is 5.31. The molecule has 2 bridgehead atoms. The van der Waals surface area contributed by atoms with Crippen LogP contribution in [0.15, 0.2) is 23.0 Å². The van der Waals surface area contributed by atoms with Crippen LogP contribution in [0.2, 0.25) is 0 Å². The summed E-state index contributed by atoms with van der Waals surface area (Å²) in [6.07, 6.45) is 4.82. The highest BCUT2D eigenvalue weighted by Crippen LogP contribution is 2.39. The number of benzene rings is 1. The average Bonchev–Trinajstić information content (AvgIpc) is 3.45. The highest BCUT2D eigenvalue weighted by molar-refractivity contribution is 5.82. The smallest absolute Gasteiger partial charge is 0.261 e. The summed E-state index contributed by atoms with van der Waals surface area (Å²) in [6.45, 7) is 4.67. The molecule has 5 heteroatoms. The number of anilines is 1. The Labute approximate surface area is 141 Å². The summed E-state index contributed by atoms with van der Waals surface area (Å²) in [4.78, 5) is 22.6. The zero-order chi connectivity index (χ0) is 16.3. The summed E-state index contributed by atoms with van der Waals surface area (Å²) < 4.78 is 1.75. The molecule has 0 spiro atoms. The van der Waals surface area contributed by atoms with Crippen LogP contribution in [-0.4, -0.2) is 46.7 Å². The van der Waals surface area contributed by atoms with E-state index in [1.165, 1.54) is 31.6 Å². The number of fused-ring (bicyclic) bond motifs is 5. The molecule has 0 radical (unpaired) electrons. The van der Waals surface area contributed by atoms with E-state index in [1.807, 2.05) is 13.1 Å². The predicted molar refractivity (Wildman–Crippen MR) is 95.8 cm³/mol. The van der Waals surface area contributed by atoms with Crippen LogP contribution in [-0.2, 0) is 7.05 Å². The van der Waals surface area contributed by atoms with E-state index in [0.717, 1.165) is 42.7 Å². The summed E-state index contributed by atoms with van der Waals surface area (Å²) >= 11 is 0. The van der Waals surface area contributed by atoms with Crippen molar-refractivity contribution in [1.82, 2.24) is 14.5 Å². The van der Waals surface area contributed by atoms with Crippen LogP contribution in [0.3, 0.4) is 0 Å². The first kappa shape index (κ1) is 14.5. The molecule has 2 aromatic rings. The van der Waals surface area contributed by atoms with Gasteiger partial charge < -0.3 is 9.80 Å². The number of piperidine rings is 1. The van der Waals surface area contributed by atoms with E-state index in [1.54, 1.807) is 4.57 Å². The SMILES string of the molecule is Cn1c(C2CC2)nc2cc(N3CCN4CCC3CC4)ccc2c1=O. The quantitative estimate of drug-likeness (QED) is 0.848. The summed E-state index contributed by atoms with van der Waals surface area (Å²) in [5, 5.41) is 0.744. The van der Waals surface area contributed by atoms with E-state index < -0.39 is 0 Å². The van der Waals surface area contributed by atoms with Gasteiger partial charge in [-0.15, -0.1) is 0 Å². The lowest BCUT2D eigenvalue weighted by Gasteiger charge is -2.33. The highest BCUT2D eigenvalue weighted by Gasteiger charge is 2.30. The minimum Gasteiger partial charge on any atom is -0.367 e. The van der Waals surface area contributed by atoms with Gasteiger partial charge in [0.1, 0.15) is 5.82 Å². The Bertz CT molecular complexity index is 846. The standard InChI is InChI=1S/C19H24N4O/c1-21-18(13-2-3-13)20-17-12-15(4-5-16(17)19(21)24)23-11-10-22-8-6-14(23)7-9-22/h4-5,12-14H,2-3,6-11H2,1H3. The Kier molecular flexibility index (Phi) is 3.20. The van der Waals surface area contributed by atoms with Gasteiger partial charge in [0.25, 0.3) is 5.56 Å². The molecule has 1 aromatic heterocycles. The van der Waals surface area contributed by atoms with Crippen molar-refractivity contribution in [2.45, 2.75) is 37.6 Å². The topological polar surface area (TPSA) is 41.4 Å². The molecule has 0 amide bonds. The summed E-state index contributed by atoms with van der Waals surface area (Å²) in [5.74, 6) is 1.45. The van der Waals surface area contributed by atoms with Crippen LogP contribution < -0.4 is 10.5 Å². The van der Waals surface area contributed by atoms with Crippen molar-refractivity contribution in [3.8, 4) is 0 Å². The first-order valence-corrected chi connectivity index (χ1v) is 9.20. The molecule has 6 rings (SSSR count). The zero-order valence-corrected chi connectivity index (χ0v) is 14.2. The fraction of sp³-hybridized carbons (Fsp3) is 0.579. The van der Waals surface area contributed by atoms with Gasteiger partial charge >= 0.3 is 0 Å². The molecule has 1 aliphatic carbocycles. The van der Waals surface area contributed by atoms with Crippen molar-refractivity contribution in [3.63, 3.8) is 0 Å². The molecule has 4 fully saturated rings. The highest BCUT2D eigenvalue weighted by atomic mass is 16.1. The molecule has 5 nitrogen and oxygen atoms in total. The minimum absolute atomic E-state index is 0.0938. The summed E-state index contributed by atoms with van der Waals surface area (Å²) in [6, 6.07) is 6.89. The monoisotopic (exact) mass is 324 g/mol. The van der Waals surface area contributed by atoms with E-state index in [9.17, 15) is 4.79 Å². The van der Waals surface area contributed by atoms with Gasteiger partial charge in [-0.3, -0.25) is 9.36 Å². The molecular weight excluding hydrogens is 300 g/mol. The van der Waals surface area contributed by atoms with Gasteiger partial charge in [0.05, 0.1) is 10.9 Å². The number of rotatable bonds is 2. The van der Waals surface area contributed by atoms with E-state index in [4.69, 9.17) is 4.98 Å². The Hall–Kier alpha value is -1.88. The third kappa shape index (κ3) is 2.25. The van der Waals surface area contributed by atoms with E-state index >= 15 is 0 Å². The lowest BCUT2D eigenvalue weighted by atomic mass is 10.0. The van der Waals surface area contributed by atoms with Crippen molar-refractivity contribution >= 4 is 16.6 Å². The first-order valence-electron chi connectivity index (χ1n) is 9.20. The molecule has 1 aromatic carbocycles. The maximum Gasteiger partial charge on any atom is 0.261 e. The number of hydrogen-bond acceptors (Lipinski definition) is 4. The maximum atomic E-state index is 12.7. The van der Waals surface area contributed by atoms with E-state index in [2.05, 4.69) is 21.9 Å². The van der Waals surface area contributed by atoms with Crippen molar-refractivity contribution in [3.05, 3.63) is 34.4 Å². The van der Waals surface area contributed by atoms with Crippen molar-refractivity contribution in [1.29, 1.82) is 0 Å². The second-order valence-electron chi connectivity index (χ2n) is 7.58. The normalized spacial score (nSPS) is 26.8. The van der Waals surface area contributed by atoms with Crippen LogP contribution in [0.25, 0.3) is 10.9 Å². The largest absolute Gasteiger partial charge is 0.367 e. The Morgan fingerprint density at radius 3 is 2.58 bits per heavy atom. The zero-order valence-electron chi connectivity index (χ0n) is 14.2. The van der Waals surface area contributed by atoms with Crippen molar-refractivity contribution in [2.24, 2.45) is 7.05 Å². The van der Waals surface area contributed by atoms with Crippen LogP contribution in [0.5, 0.6) is 0 Å². The van der Waals surface area contributed by atoms with Gasteiger partial charge in [-0.1, -0.05) is 0 Å². The van der Waals surface area contributed by atoms with Gasteiger partial charge in [-0.05, 0) is 43.9 Å². The molecule has 126 valence electrons. The number of nitrogens with zero attached hydrogens (tertiary/aromatic N) is 4. The molecule has 4 aliphatic rings. The molecule has 4 heterocycles. The van der Waals surface area contributed by atoms with Gasteiger partial charge in [0, 0.05) is 50.9 Å². The summed E-state index contributed by atoms with van der Waals surface area (Å²) in [5.41, 5.74) is 2.20. The number of hydrogen-bond donors (Lipinski definition) is 0. The fourth-order valence-electron chi connectivity index (χ4n) is 4.39. The second-order valence-corrected chi connectivity index (χ2v) is 7.58. The van der Waals surface area contributed by atoms with E-state index in [-0.39, 0.29) is 5.56 Å². The molecule has 0 atom stereocenters. The number of aromatic nitrogens is 2. The van der Waals surface area contributed by atoms with Crippen molar-refractivity contribution < 1.29 is 0 Å². The maximum absolute atomic E-state index is 12.7. The Morgan fingerprint density at radius 1 is 1.04 bits per heavy atom. The van der Waals surface area contributed by atoms with Gasteiger partial charge in [-0.25, -0.2) is 4.98 Å². The van der Waals surface area contributed by atoms with Crippen LogP contribution in [0.4, 0.5) is 5.69 Å². The molecule has 1 saturated carbocycles. The van der Waals surface area contributed by atoms with Gasteiger partial charge in [-0.2, -0.15) is 0 Å². The van der Waals surface area contributed by atoms with Gasteiger partial charge in [0.2, 0.25) is 0 Å². The average molecular weight is 324 g/mol. The van der Waals surface area contributed by atoms with Crippen molar-refractivity contribution in [2.75, 3.05) is 31.1 Å². The van der Waals surface area contributed by atoms with Crippen LogP contribution >= 0.6 is 0 Å². The van der Waals surface area contributed by atoms with E-state index in [0.29, 0.717) is 12.0 Å². The molecule has 0 unspecified atom stereocenters. The first-order chi connectivity index (χ1) is 11.7. The Balaban J connectivity index is 1.60. The van der Waals surface area contributed by atoms with Crippen LogP contribution in [0.1, 0.15) is 37.4 Å². The summed E-state index contributed by atoms with van der Waals surface area (Å²) in [7, 11) is 1.86. The molecular formula is C19H24N4O. The Morgan fingerprint density at radius 2 is 1.83 bits per heavy atom. The lowest BCUT2D eigenvalue weighted by molar-refractivity contribution is 0.250. The van der Waals surface area contributed by atoms with Gasteiger partial charge in [0.15, 0.2) is 0 Å². The third-order valence-electron chi connectivity index (χ3n) is 6.02. The van der Waals surface area contributed by atoms with Crippen LogP contribution in [0, 0.1) is 0 Å². The third-order valence-corrected chi connectivity index (χ3v) is 6.02.